The van der Waals surface area contributed by atoms with Gasteiger partial charge in [-0.05, 0) is 63.7 Å². The number of aliphatic hydroxyl groups is 1. The summed E-state index contributed by atoms with van der Waals surface area (Å²) < 4.78 is 16.7. The van der Waals surface area contributed by atoms with Gasteiger partial charge >= 0.3 is 11.9 Å². The lowest BCUT2D eigenvalue weighted by Crippen LogP contribution is -2.58. The zero-order chi connectivity index (χ0) is 19.8. The van der Waals surface area contributed by atoms with Crippen molar-refractivity contribution in [3.63, 3.8) is 0 Å². The van der Waals surface area contributed by atoms with Crippen molar-refractivity contribution in [1.29, 1.82) is 0 Å². The summed E-state index contributed by atoms with van der Waals surface area (Å²) in [5.74, 6) is -0.853. The molecule has 0 radical (unpaired) electrons. The van der Waals surface area contributed by atoms with E-state index in [4.69, 9.17) is 14.2 Å². The predicted molar refractivity (Wildman–Crippen MR) is 96.6 cm³/mol. The number of carbonyl (C=O) groups excluding carboxylic acids is 2. The molecule has 1 heterocycles. The van der Waals surface area contributed by atoms with Crippen LogP contribution in [-0.4, -0.2) is 48.1 Å². The number of hydrogen-bond acceptors (Lipinski definition) is 6. The molecule has 0 amide bonds. The Balaban J connectivity index is 1.68. The Labute approximate surface area is 160 Å². The monoisotopic (exact) mass is 380 g/mol. The molecule has 4 fully saturated rings. The summed E-state index contributed by atoms with van der Waals surface area (Å²) in [6.07, 6.45) is 2.90. The molecule has 0 bridgehead atoms. The molecule has 4 rings (SSSR count). The minimum absolute atomic E-state index is 0.0535. The predicted octanol–water partition coefficient (Wildman–Crippen LogP) is 2.46. The smallest absolute Gasteiger partial charge is 0.311 e. The Hall–Kier alpha value is -1.14. The third-order valence-corrected chi connectivity index (χ3v) is 8.20. The number of ether oxygens (including phenoxy) is 3. The number of carbonyl (C=O) groups is 2. The molecule has 3 aliphatic carbocycles. The van der Waals surface area contributed by atoms with E-state index in [0.29, 0.717) is 6.42 Å². The van der Waals surface area contributed by atoms with Crippen LogP contribution in [0, 0.1) is 28.6 Å². The van der Waals surface area contributed by atoms with Gasteiger partial charge in [-0.3, -0.25) is 9.59 Å². The largest absolute Gasteiger partial charge is 0.469 e. The second-order valence-electron chi connectivity index (χ2n) is 9.84. The van der Waals surface area contributed by atoms with Gasteiger partial charge in [-0.1, -0.05) is 13.3 Å². The molecule has 6 heteroatoms. The quantitative estimate of drug-likeness (QED) is 0.598. The Morgan fingerprint density at radius 3 is 2.48 bits per heavy atom. The normalized spacial score (nSPS) is 50.4. The lowest BCUT2D eigenvalue weighted by molar-refractivity contribution is -0.170. The fourth-order valence-corrected chi connectivity index (χ4v) is 6.98. The molecule has 1 aliphatic heterocycles. The lowest BCUT2D eigenvalue weighted by atomic mass is 9.46. The molecular weight excluding hydrogens is 348 g/mol. The van der Waals surface area contributed by atoms with Crippen LogP contribution in [0.1, 0.15) is 59.8 Å². The summed E-state index contributed by atoms with van der Waals surface area (Å²) in [4.78, 5) is 25.3. The summed E-state index contributed by atoms with van der Waals surface area (Å²) >= 11 is 0. The zero-order valence-corrected chi connectivity index (χ0v) is 17.0. The van der Waals surface area contributed by atoms with E-state index in [9.17, 15) is 14.7 Å². The van der Waals surface area contributed by atoms with Crippen LogP contribution in [0.4, 0.5) is 0 Å². The van der Waals surface area contributed by atoms with E-state index < -0.39 is 23.0 Å². The van der Waals surface area contributed by atoms with E-state index in [0.717, 1.165) is 25.7 Å². The first-order valence-corrected chi connectivity index (χ1v) is 10.3. The van der Waals surface area contributed by atoms with Crippen molar-refractivity contribution in [2.24, 2.45) is 28.6 Å². The average Bonchev–Trinajstić information content (AvgIpc) is 3.24. The highest BCUT2D eigenvalue weighted by atomic mass is 16.6. The van der Waals surface area contributed by atoms with Gasteiger partial charge in [-0.25, -0.2) is 0 Å². The van der Waals surface area contributed by atoms with Gasteiger partial charge in [0.1, 0.15) is 5.60 Å². The molecule has 1 N–H and O–H groups in total. The Morgan fingerprint density at radius 2 is 1.85 bits per heavy atom. The van der Waals surface area contributed by atoms with Gasteiger partial charge in [0.15, 0.2) is 0 Å². The number of hydrogen-bond donors (Lipinski definition) is 1. The van der Waals surface area contributed by atoms with E-state index >= 15 is 0 Å². The van der Waals surface area contributed by atoms with Crippen molar-refractivity contribution in [3.05, 3.63) is 0 Å². The van der Waals surface area contributed by atoms with Crippen molar-refractivity contribution in [1.82, 2.24) is 0 Å². The van der Waals surface area contributed by atoms with Crippen LogP contribution >= 0.6 is 0 Å². The Kier molecular flexibility index (Phi) is 4.21. The molecule has 4 aliphatic rings. The van der Waals surface area contributed by atoms with Gasteiger partial charge in [-0.2, -0.15) is 0 Å². The number of methoxy groups -OCH3 is 1. The van der Waals surface area contributed by atoms with E-state index in [1.54, 1.807) is 0 Å². The molecular formula is C21H32O6. The molecule has 0 aromatic heterocycles. The molecule has 1 spiro atoms. The maximum atomic E-state index is 12.7. The Bertz CT molecular complexity index is 661. The van der Waals surface area contributed by atoms with Crippen molar-refractivity contribution >= 4 is 11.9 Å². The van der Waals surface area contributed by atoms with Crippen LogP contribution in [0.5, 0.6) is 0 Å². The molecule has 0 aromatic carbocycles. The standard InChI is InChI=1S/C21H32O6/c1-11(2)26-17(23)12-9-14-19(3)7-6-8-20(4,18(24)25-5)13(19)10-15-21(14,27-15)16(12)22/h11-16,22H,6-10H2,1-5H3/t12?,13-,14-,15-,16+,19+,20-,21+/m1/s1. The first-order valence-electron chi connectivity index (χ1n) is 10.3. The second-order valence-corrected chi connectivity index (χ2v) is 9.84. The van der Waals surface area contributed by atoms with Gasteiger partial charge in [0.2, 0.25) is 0 Å². The van der Waals surface area contributed by atoms with Gasteiger partial charge in [-0.15, -0.1) is 0 Å². The van der Waals surface area contributed by atoms with Crippen LogP contribution in [0.25, 0.3) is 0 Å². The SMILES string of the molecule is COC(=O)[C@]1(C)CCC[C@]2(C)[C@H]3CC(C(=O)OC(C)C)[C@H](O)[C@]34O[C@@H]4C[C@H]21. The van der Waals surface area contributed by atoms with Crippen LogP contribution in [0.3, 0.4) is 0 Å². The van der Waals surface area contributed by atoms with Crippen molar-refractivity contribution < 1.29 is 28.9 Å². The summed E-state index contributed by atoms with van der Waals surface area (Å²) in [6, 6.07) is 0. The highest BCUT2D eigenvalue weighted by molar-refractivity contribution is 5.77. The summed E-state index contributed by atoms with van der Waals surface area (Å²) in [7, 11) is 1.46. The van der Waals surface area contributed by atoms with Crippen LogP contribution in [0.2, 0.25) is 0 Å². The fourth-order valence-electron chi connectivity index (χ4n) is 6.98. The van der Waals surface area contributed by atoms with Gasteiger partial charge in [0.05, 0.1) is 36.8 Å². The molecule has 152 valence electrons. The van der Waals surface area contributed by atoms with Crippen LogP contribution in [0.15, 0.2) is 0 Å². The number of rotatable bonds is 3. The Morgan fingerprint density at radius 1 is 1.15 bits per heavy atom. The molecule has 1 saturated heterocycles. The number of fused-ring (bicyclic) bond motifs is 2. The molecule has 1 unspecified atom stereocenters. The molecule has 8 atom stereocenters. The molecule has 3 saturated carbocycles. The summed E-state index contributed by atoms with van der Waals surface area (Å²) in [5.41, 5.74) is -1.34. The first kappa shape index (κ1) is 19.2. The van der Waals surface area contributed by atoms with E-state index in [1.165, 1.54) is 7.11 Å². The van der Waals surface area contributed by atoms with E-state index in [-0.39, 0.29) is 41.4 Å². The second kappa shape index (κ2) is 5.93. The van der Waals surface area contributed by atoms with Crippen molar-refractivity contribution in [2.45, 2.75) is 83.7 Å². The lowest BCUT2D eigenvalue weighted by Gasteiger charge is -2.56. The number of esters is 2. The van der Waals surface area contributed by atoms with Crippen LogP contribution in [-0.2, 0) is 23.8 Å². The first-order chi connectivity index (χ1) is 12.6. The van der Waals surface area contributed by atoms with Crippen molar-refractivity contribution in [3.8, 4) is 0 Å². The minimum Gasteiger partial charge on any atom is -0.469 e. The molecule has 0 aromatic rings. The highest BCUT2D eigenvalue weighted by Crippen LogP contribution is 2.73. The highest BCUT2D eigenvalue weighted by Gasteiger charge is 2.80. The third kappa shape index (κ3) is 2.38. The van der Waals surface area contributed by atoms with Gasteiger partial charge < -0.3 is 19.3 Å². The third-order valence-electron chi connectivity index (χ3n) is 8.20. The molecule has 6 nitrogen and oxygen atoms in total. The average molecular weight is 380 g/mol. The van der Waals surface area contributed by atoms with Gasteiger partial charge in [0.25, 0.3) is 0 Å². The van der Waals surface area contributed by atoms with Gasteiger partial charge in [0, 0.05) is 0 Å². The maximum absolute atomic E-state index is 12.7. The summed E-state index contributed by atoms with van der Waals surface area (Å²) in [6.45, 7) is 7.89. The number of epoxide rings is 1. The van der Waals surface area contributed by atoms with E-state index in [2.05, 4.69) is 6.92 Å². The zero-order valence-electron chi connectivity index (χ0n) is 17.0. The topological polar surface area (TPSA) is 85.4 Å². The molecule has 27 heavy (non-hydrogen) atoms. The number of aliphatic hydroxyl groups excluding tert-OH is 1. The summed E-state index contributed by atoms with van der Waals surface area (Å²) in [5, 5.41) is 11.0. The van der Waals surface area contributed by atoms with Crippen LogP contribution < -0.4 is 0 Å². The maximum Gasteiger partial charge on any atom is 0.311 e. The van der Waals surface area contributed by atoms with Crippen molar-refractivity contribution in [2.75, 3.05) is 7.11 Å². The fraction of sp³-hybridized carbons (Fsp3) is 0.905. The van der Waals surface area contributed by atoms with E-state index in [1.807, 2.05) is 20.8 Å². The minimum atomic E-state index is -0.831.